The highest BCUT2D eigenvalue weighted by Gasteiger charge is 2.24. The number of amides is 2. The summed E-state index contributed by atoms with van der Waals surface area (Å²) in [5.74, 6) is -1.72. The SMILES string of the molecule is CC(=O)N(NCc1cccc(F)c1Cl)[C@@H](CCCC(=O)O)COC(=O)Nc1cc2ccncc2cn1. The molecule has 0 radical (unpaired) electrons. The van der Waals surface area contributed by atoms with Gasteiger partial charge in [-0.05, 0) is 42.0 Å². The van der Waals surface area contributed by atoms with Crippen LogP contribution in [0.1, 0.15) is 31.7 Å². The molecule has 0 aliphatic heterocycles. The van der Waals surface area contributed by atoms with Gasteiger partial charge in [-0.2, -0.15) is 0 Å². The van der Waals surface area contributed by atoms with E-state index in [1.54, 1.807) is 36.8 Å². The van der Waals surface area contributed by atoms with E-state index in [0.717, 1.165) is 10.8 Å². The smallest absolute Gasteiger partial charge is 0.412 e. The number of nitrogens with one attached hydrogen (secondary N) is 2. The summed E-state index contributed by atoms with van der Waals surface area (Å²) in [5.41, 5.74) is 3.31. The zero-order valence-corrected chi connectivity index (χ0v) is 20.2. The summed E-state index contributed by atoms with van der Waals surface area (Å²) >= 11 is 6.00. The standard InChI is InChI=1S/C24H25ClFN5O5/c1-15(32)31(29-13-17-4-2-6-20(26)23(17)25)19(5-3-7-22(33)34)14-36-24(35)30-21-10-16-8-9-27-11-18(16)12-28-21/h2,4,6,8-12,19,29H,3,5,7,13-14H2,1H3,(H,33,34)(H,28,30,35)/t19-/m0/s1. The summed E-state index contributed by atoms with van der Waals surface area (Å²) in [4.78, 5) is 43.9. The third kappa shape index (κ3) is 7.59. The molecule has 0 bridgehead atoms. The number of ether oxygens (including phenoxy) is 1. The Morgan fingerprint density at radius 1 is 1.22 bits per heavy atom. The van der Waals surface area contributed by atoms with Crippen molar-refractivity contribution in [3.63, 3.8) is 0 Å². The van der Waals surface area contributed by atoms with E-state index in [0.29, 0.717) is 5.56 Å². The van der Waals surface area contributed by atoms with E-state index >= 15 is 0 Å². The molecule has 2 amide bonds. The number of benzene rings is 1. The molecule has 1 aromatic carbocycles. The third-order valence-corrected chi connectivity index (χ3v) is 5.69. The number of carbonyl (C=O) groups excluding carboxylic acids is 2. The van der Waals surface area contributed by atoms with Gasteiger partial charge in [0, 0.05) is 43.9 Å². The molecular weight excluding hydrogens is 493 g/mol. The molecule has 0 aliphatic rings. The molecule has 3 rings (SSSR count). The summed E-state index contributed by atoms with van der Waals surface area (Å²) in [6.07, 6.45) is 4.36. The van der Waals surface area contributed by atoms with Crippen LogP contribution < -0.4 is 10.7 Å². The van der Waals surface area contributed by atoms with Crippen LogP contribution in [-0.2, 0) is 20.9 Å². The summed E-state index contributed by atoms with van der Waals surface area (Å²) in [7, 11) is 0. The zero-order valence-electron chi connectivity index (χ0n) is 19.4. The van der Waals surface area contributed by atoms with Gasteiger partial charge in [0.2, 0.25) is 5.91 Å². The van der Waals surface area contributed by atoms with Crippen molar-refractivity contribution in [1.29, 1.82) is 0 Å². The Morgan fingerprint density at radius 2 is 2.03 bits per heavy atom. The third-order valence-electron chi connectivity index (χ3n) is 5.26. The normalized spacial score (nSPS) is 11.6. The number of anilines is 1. The van der Waals surface area contributed by atoms with E-state index in [1.165, 1.54) is 24.1 Å². The summed E-state index contributed by atoms with van der Waals surface area (Å²) < 4.78 is 19.1. The summed E-state index contributed by atoms with van der Waals surface area (Å²) in [6, 6.07) is 7.05. The van der Waals surface area contributed by atoms with E-state index < -0.39 is 29.8 Å². The number of carbonyl (C=O) groups is 3. The summed E-state index contributed by atoms with van der Waals surface area (Å²) in [6.45, 7) is 1.10. The molecule has 0 unspecified atom stereocenters. The van der Waals surface area contributed by atoms with Gasteiger partial charge in [0.1, 0.15) is 18.2 Å². The van der Waals surface area contributed by atoms with Gasteiger partial charge in [0.15, 0.2) is 0 Å². The number of carboxylic acids is 1. The van der Waals surface area contributed by atoms with Gasteiger partial charge >= 0.3 is 12.1 Å². The lowest BCUT2D eigenvalue weighted by molar-refractivity contribution is -0.137. The minimum atomic E-state index is -0.987. The van der Waals surface area contributed by atoms with Gasteiger partial charge in [-0.25, -0.2) is 19.6 Å². The molecule has 12 heteroatoms. The minimum Gasteiger partial charge on any atom is -0.481 e. The van der Waals surface area contributed by atoms with Crippen molar-refractivity contribution in [3.05, 3.63) is 65.3 Å². The van der Waals surface area contributed by atoms with Crippen LogP contribution in [0.4, 0.5) is 15.0 Å². The number of carboxylic acid groups (broad SMARTS) is 1. The topological polar surface area (TPSA) is 134 Å². The number of pyridine rings is 2. The molecule has 0 saturated carbocycles. The first kappa shape index (κ1) is 26.8. The lowest BCUT2D eigenvalue weighted by Gasteiger charge is -2.31. The molecule has 0 saturated heterocycles. The van der Waals surface area contributed by atoms with Crippen molar-refractivity contribution in [2.24, 2.45) is 0 Å². The van der Waals surface area contributed by atoms with Gasteiger partial charge in [-0.15, -0.1) is 0 Å². The van der Waals surface area contributed by atoms with Crippen LogP contribution in [-0.4, -0.2) is 50.7 Å². The van der Waals surface area contributed by atoms with Crippen LogP contribution in [0.3, 0.4) is 0 Å². The molecular formula is C24H25ClFN5O5. The highest BCUT2D eigenvalue weighted by atomic mass is 35.5. The lowest BCUT2D eigenvalue weighted by atomic mass is 10.1. The highest BCUT2D eigenvalue weighted by molar-refractivity contribution is 6.31. The number of aliphatic carboxylic acids is 1. The number of rotatable bonds is 11. The maximum atomic E-state index is 13.8. The minimum absolute atomic E-state index is 0.0215. The first-order valence-electron chi connectivity index (χ1n) is 11.1. The number of fused-ring (bicyclic) bond motifs is 1. The Balaban J connectivity index is 1.66. The van der Waals surface area contributed by atoms with Gasteiger partial charge < -0.3 is 9.84 Å². The van der Waals surface area contributed by atoms with E-state index in [-0.39, 0.29) is 43.3 Å². The van der Waals surface area contributed by atoms with Crippen LogP contribution in [0.25, 0.3) is 10.8 Å². The van der Waals surface area contributed by atoms with Crippen molar-refractivity contribution in [2.45, 2.75) is 38.8 Å². The van der Waals surface area contributed by atoms with Crippen LogP contribution in [0.5, 0.6) is 0 Å². The Hall–Kier alpha value is -3.83. The number of hydrazine groups is 1. The molecule has 3 aromatic rings. The fourth-order valence-corrected chi connectivity index (χ4v) is 3.68. The predicted molar refractivity (Wildman–Crippen MR) is 131 cm³/mol. The van der Waals surface area contributed by atoms with Crippen LogP contribution >= 0.6 is 11.6 Å². The lowest BCUT2D eigenvalue weighted by Crippen LogP contribution is -2.50. The first-order valence-corrected chi connectivity index (χ1v) is 11.4. The molecule has 2 heterocycles. The number of nitrogens with zero attached hydrogens (tertiary/aromatic N) is 3. The monoisotopic (exact) mass is 517 g/mol. The Morgan fingerprint density at radius 3 is 2.78 bits per heavy atom. The second kappa shape index (κ2) is 12.8. The van der Waals surface area contributed by atoms with Gasteiger partial charge in [-0.1, -0.05) is 23.7 Å². The van der Waals surface area contributed by atoms with Crippen molar-refractivity contribution in [3.8, 4) is 0 Å². The molecule has 0 fully saturated rings. The highest BCUT2D eigenvalue weighted by Crippen LogP contribution is 2.20. The molecule has 1 atom stereocenters. The largest absolute Gasteiger partial charge is 0.481 e. The molecule has 0 spiro atoms. The number of halogens is 2. The van der Waals surface area contributed by atoms with Crippen LogP contribution in [0, 0.1) is 5.82 Å². The molecule has 10 nitrogen and oxygen atoms in total. The number of hydrogen-bond donors (Lipinski definition) is 3. The first-order chi connectivity index (χ1) is 17.2. The van der Waals surface area contributed by atoms with Gasteiger partial charge in [0.25, 0.3) is 0 Å². The maximum absolute atomic E-state index is 13.8. The predicted octanol–water partition coefficient (Wildman–Crippen LogP) is 4.15. The van der Waals surface area contributed by atoms with Crippen molar-refractivity contribution < 1.29 is 28.6 Å². The molecule has 2 aromatic heterocycles. The second-order valence-electron chi connectivity index (χ2n) is 7.89. The van der Waals surface area contributed by atoms with Crippen molar-refractivity contribution >= 4 is 46.2 Å². The number of aromatic nitrogens is 2. The van der Waals surface area contributed by atoms with Crippen LogP contribution in [0.15, 0.2) is 48.9 Å². The van der Waals surface area contributed by atoms with E-state index in [2.05, 4.69) is 20.7 Å². The molecule has 3 N–H and O–H groups in total. The van der Waals surface area contributed by atoms with Crippen molar-refractivity contribution in [1.82, 2.24) is 20.4 Å². The van der Waals surface area contributed by atoms with Gasteiger partial charge in [0.05, 0.1) is 11.1 Å². The fourth-order valence-electron chi connectivity index (χ4n) is 3.49. The Kier molecular flexibility index (Phi) is 9.48. The van der Waals surface area contributed by atoms with E-state index in [1.807, 2.05) is 0 Å². The van der Waals surface area contributed by atoms with Crippen LogP contribution in [0.2, 0.25) is 5.02 Å². The molecule has 36 heavy (non-hydrogen) atoms. The Labute approximate surface area is 211 Å². The molecule has 0 aliphatic carbocycles. The molecule has 190 valence electrons. The van der Waals surface area contributed by atoms with Crippen molar-refractivity contribution in [2.75, 3.05) is 11.9 Å². The average molecular weight is 518 g/mol. The average Bonchev–Trinajstić information content (AvgIpc) is 2.84. The van der Waals surface area contributed by atoms with E-state index in [4.69, 9.17) is 21.4 Å². The summed E-state index contributed by atoms with van der Waals surface area (Å²) in [5, 5.41) is 14.3. The Bertz CT molecular complexity index is 1240. The zero-order chi connectivity index (χ0) is 26.1. The van der Waals surface area contributed by atoms with Gasteiger partial charge in [-0.3, -0.25) is 24.9 Å². The second-order valence-corrected chi connectivity index (χ2v) is 8.27. The number of hydrogen-bond acceptors (Lipinski definition) is 7. The maximum Gasteiger partial charge on any atom is 0.412 e. The quantitative estimate of drug-likeness (QED) is 0.323. The fraction of sp³-hybridized carbons (Fsp3) is 0.292. The van der Waals surface area contributed by atoms with E-state index in [9.17, 15) is 18.8 Å².